The van der Waals surface area contributed by atoms with E-state index >= 15 is 0 Å². The Morgan fingerprint density at radius 2 is 1.60 bits per heavy atom. The van der Waals surface area contributed by atoms with Gasteiger partial charge in [-0.1, -0.05) is 0 Å². The number of ether oxygens (including phenoxy) is 1. The SMILES string of the molecule is Cc1cc(F)cc(C)c1S(=O)(=O)N1C[C@@H](C)O[C@@H](C)C1. The van der Waals surface area contributed by atoms with Gasteiger partial charge in [0.25, 0.3) is 0 Å². The molecule has 4 nitrogen and oxygen atoms in total. The summed E-state index contributed by atoms with van der Waals surface area (Å²) in [4.78, 5) is 0.209. The predicted molar refractivity (Wildman–Crippen MR) is 74.6 cm³/mol. The number of nitrogens with zero attached hydrogens (tertiary/aromatic N) is 1. The summed E-state index contributed by atoms with van der Waals surface area (Å²) in [6, 6.07) is 2.51. The van der Waals surface area contributed by atoms with Crippen molar-refractivity contribution in [3.8, 4) is 0 Å². The monoisotopic (exact) mass is 301 g/mol. The molecule has 112 valence electrons. The normalized spacial score (nSPS) is 24.9. The Balaban J connectivity index is 2.45. The molecule has 2 rings (SSSR count). The van der Waals surface area contributed by atoms with E-state index in [9.17, 15) is 12.8 Å². The Morgan fingerprint density at radius 1 is 1.15 bits per heavy atom. The highest BCUT2D eigenvalue weighted by Crippen LogP contribution is 2.27. The second kappa shape index (κ2) is 5.42. The van der Waals surface area contributed by atoms with Crippen LogP contribution < -0.4 is 0 Å². The van der Waals surface area contributed by atoms with E-state index < -0.39 is 15.8 Å². The van der Waals surface area contributed by atoms with Crippen molar-refractivity contribution in [3.63, 3.8) is 0 Å². The third-order valence-electron chi connectivity index (χ3n) is 3.41. The molecule has 1 aromatic rings. The van der Waals surface area contributed by atoms with Crippen LogP contribution in [0, 0.1) is 19.7 Å². The van der Waals surface area contributed by atoms with Gasteiger partial charge in [-0.2, -0.15) is 4.31 Å². The summed E-state index contributed by atoms with van der Waals surface area (Å²) in [5.41, 5.74) is 0.878. The third kappa shape index (κ3) is 2.87. The van der Waals surface area contributed by atoms with Crippen molar-refractivity contribution in [2.45, 2.75) is 44.8 Å². The zero-order valence-corrected chi connectivity index (χ0v) is 13.0. The van der Waals surface area contributed by atoms with Crippen molar-refractivity contribution >= 4 is 10.0 Å². The van der Waals surface area contributed by atoms with Crippen molar-refractivity contribution in [2.24, 2.45) is 0 Å². The Bertz CT molecular complexity index is 582. The number of hydrogen-bond donors (Lipinski definition) is 0. The smallest absolute Gasteiger partial charge is 0.243 e. The molecular formula is C14H20FNO3S. The fraction of sp³-hybridized carbons (Fsp3) is 0.571. The van der Waals surface area contributed by atoms with E-state index in [1.54, 1.807) is 13.8 Å². The van der Waals surface area contributed by atoms with E-state index in [4.69, 9.17) is 4.74 Å². The molecule has 0 N–H and O–H groups in total. The second-order valence-corrected chi connectivity index (χ2v) is 7.32. The number of rotatable bonds is 2. The molecule has 6 heteroatoms. The molecule has 1 saturated heterocycles. The first-order valence-electron chi connectivity index (χ1n) is 6.64. The number of sulfonamides is 1. The first kappa shape index (κ1) is 15.4. The maximum atomic E-state index is 13.3. The van der Waals surface area contributed by atoms with Crippen LogP contribution in [0.4, 0.5) is 4.39 Å². The maximum Gasteiger partial charge on any atom is 0.243 e. The Kier molecular flexibility index (Phi) is 4.18. The van der Waals surface area contributed by atoms with Crippen molar-refractivity contribution in [2.75, 3.05) is 13.1 Å². The van der Waals surface area contributed by atoms with Gasteiger partial charge in [0.15, 0.2) is 0 Å². The fourth-order valence-electron chi connectivity index (χ4n) is 2.76. The molecular weight excluding hydrogens is 281 g/mol. The van der Waals surface area contributed by atoms with E-state index in [-0.39, 0.29) is 17.1 Å². The van der Waals surface area contributed by atoms with Crippen molar-refractivity contribution < 1.29 is 17.5 Å². The molecule has 0 amide bonds. The van der Waals surface area contributed by atoms with E-state index in [1.807, 2.05) is 13.8 Å². The van der Waals surface area contributed by atoms with Gasteiger partial charge in [-0.05, 0) is 51.0 Å². The average molecular weight is 301 g/mol. The van der Waals surface area contributed by atoms with Gasteiger partial charge in [0.05, 0.1) is 17.1 Å². The molecule has 0 aliphatic carbocycles. The average Bonchev–Trinajstić information content (AvgIpc) is 2.25. The number of morpholine rings is 1. The van der Waals surface area contributed by atoms with Gasteiger partial charge in [-0.15, -0.1) is 0 Å². The van der Waals surface area contributed by atoms with Crippen LogP contribution in [-0.2, 0) is 14.8 Å². The zero-order chi connectivity index (χ0) is 15.1. The first-order chi connectivity index (χ1) is 9.21. The molecule has 0 radical (unpaired) electrons. The van der Waals surface area contributed by atoms with Crippen LogP contribution in [0.15, 0.2) is 17.0 Å². The third-order valence-corrected chi connectivity index (χ3v) is 5.55. The van der Waals surface area contributed by atoms with Gasteiger partial charge < -0.3 is 4.74 Å². The van der Waals surface area contributed by atoms with Crippen LogP contribution in [0.5, 0.6) is 0 Å². The molecule has 1 aromatic carbocycles. The van der Waals surface area contributed by atoms with E-state index in [0.29, 0.717) is 24.2 Å². The van der Waals surface area contributed by atoms with E-state index in [1.165, 1.54) is 16.4 Å². The summed E-state index contributed by atoms with van der Waals surface area (Å²) < 4.78 is 45.9. The lowest BCUT2D eigenvalue weighted by molar-refractivity contribution is -0.0441. The minimum atomic E-state index is -3.62. The summed E-state index contributed by atoms with van der Waals surface area (Å²) in [5, 5.41) is 0. The fourth-order valence-corrected chi connectivity index (χ4v) is 4.76. The quantitative estimate of drug-likeness (QED) is 0.841. The van der Waals surface area contributed by atoms with E-state index in [0.717, 1.165) is 0 Å². The Morgan fingerprint density at radius 3 is 2.05 bits per heavy atom. The molecule has 1 fully saturated rings. The van der Waals surface area contributed by atoms with Gasteiger partial charge in [0, 0.05) is 13.1 Å². The van der Waals surface area contributed by atoms with Crippen molar-refractivity contribution in [3.05, 3.63) is 29.1 Å². The number of benzene rings is 1. The van der Waals surface area contributed by atoms with Gasteiger partial charge >= 0.3 is 0 Å². The Labute approximate surface area is 119 Å². The largest absolute Gasteiger partial charge is 0.373 e. The maximum absolute atomic E-state index is 13.3. The van der Waals surface area contributed by atoms with Gasteiger partial charge in [0.1, 0.15) is 5.82 Å². The summed E-state index contributed by atoms with van der Waals surface area (Å²) in [5.74, 6) is -0.414. The molecule has 20 heavy (non-hydrogen) atoms. The summed E-state index contributed by atoms with van der Waals surface area (Å²) >= 11 is 0. The van der Waals surface area contributed by atoms with Crippen LogP contribution in [-0.4, -0.2) is 38.0 Å². The van der Waals surface area contributed by atoms with Gasteiger partial charge in [-0.3, -0.25) is 0 Å². The molecule has 1 heterocycles. The minimum Gasteiger partial charge on any atom is -0.373 e. The van der Waals surface area contributed by atoms with Gasteiger partial charge in [-0.25, -0.2) is 12.8 Å². The Hall–Kier alpha value is -0.980. The molecule has 0 bridgehead atoms. The van der Waals surface area contributed by atoms with Crippen molar-refractivity contribution in [1.82, 2.24) is 4.31 Å². The summed E-state index contributed by atoms with van der Waals surface area (Å²) in [7, 11) is -3.62. The lowest BCUT2D eigenvalue weighted by Crippen LogP contribution is -2.48. The highest BCUT2D eigenvalue weighted by Gasteiger charge is 2.34. The summed E-state index contributed by atoms with van der Waals surface area (Å²) in [6.45, 7) is 7.59. The molecule has 0 unspecified atom stereocenters. The van der Waals surface area contributed by atoms with Crippen LogP contribution >= 0.6 is 0 Å². The lowest BCUT2D eigenvalue weighted by Gasteiger charge is -2.35. The molecule has 1 aliphatic heterocycles. The zero-order valence-electron chi connectivity index (χ0n) is 12.2. The number of hydrogen-bond acceptors (Lipinski definition) is 3. The molecule has 0 aromatic heterocycles. The number of aryl methyl sites for hydroxylation is 2. The van der Waals surface area contributed by atoms with Crippen molar-refractivity contribution in [1.29, 1.82) is 0 Å². The first-order valence-corrected chi connectivity index (χ1v) is 8.08. The standard InChI is InChI=1S/C14H20FNO3S/c1-9-5-13(15)6-10(2)14(9)20(17,18)16-7-11(3)19-12(4)8-16/h5-6,11-12H,7-8H2,1-4H3/t11-,12+. The highest BCUT2D eigenvalue weighted by atomic mass is 32.2. The molecule has 0 spiro atoms. The molecule has 1 aliphatic rings. The summed E-state index contributed by atoms with van der Waals surface area (Å²) in [6.07, 6.45) is -0.288. The van der Waals surface area contributed by atoms with Gasteiger partial charge in [0.2, 0.25) is 10.0 Å². The topological polar surface area (TPSA) is 46.6 Å². The van der Waals surface area contributed by atoms with Crippen LogP contribution in [0.25, 0.3) is 0 Å². The number of halogens is 1. The van der Waals surface area contributed by atoms with Crippen LogP contribution in [0.1, 0.15) is 25.0 Å². The molecule has 0 saturated carbocycles. The second-order valence-electron chi connectivity index (χ2n) is 5.45. The van der Waals surface area contributed by atoms with Crippen LogP contribution in [0.3, 0.4) is 0 Å². The molecule has 2 atom stereocenters. The lowest BCUT2D eigenvalue weighted by atomic mass is 10.1. The van der Waals surface area contributed by atoms with E-state index in [2.05, 4.69) is 0 Å². The highest BCUT2D eigenvalue weighted by molar-refractivity contribution is 7.89. The van der Waals surface area contributed by atoms with Crippen LogP contribution in [0.2, 0.25) is 0 Å². The predicted octanol–water partition coefficient (Wildman–Crippen LogP) is 2.24. The minimum absolute atomic E-state index is 0.144.